The Balaban J connectivity index is 1.39. The van der Waals surface area contributed by atoms with Gasteiger partial charge in [-0.05, 0) is 62.9 Å². The van der Waals surface area contributed by atoms with E-state index in [0.717, 1.165) is 28.6 Å². The third-order valence-electron chi connectivity index (χ3n) is 7.01. The third kappa shape index (κ3) is 5.42. The summed E-state index contributed by atoms with van der Waals surface area (Å²) < 4.78 is 15.8. The van der Waals surface area contributed by atoms with Crippen molar-refractivity contribution in [3.8, 4) is 11.3 Å². The first-order valence-electron chi connectivity index (χ1n) is 12.6. The van der Waals surface area contributed by atoms with Crippen LogP contribution in [0.1, 0.15) is 23.9 Å². The maximum absolute atomic E-state index is 13.6. The van der Waals surface area contributed by atoms with Crippen molar-refractivity contribution in [1.29, 1.82) is 0 Å². The number of aryl methyl sites for hydroxylation is 1. The van der Waals surface area contributed by atoms with Gasteiger partial charge in [0.25, 0.3) is 0 Å². The molecule has 0 fully saturated rings. The summed E-state index contributed by atoms with van der Waals surface area (Å²) in [5.74, 6) is 1.47. The van der Waals surface area contributed by atoms with Crippen molar-refractivity contribution < 1.29 is 9.18 Å². The van der Waals surface area contributed by atoms with Gasteiger partial charge in [-0.15, -0.1) is 0 Å². The molecule has 4 aromatic rings. The molecule has 1 amide bonds. The van der Waals surface area contributed by atoms with Crippen molar-refractivity contribution >= 4 is 17.4 Å². The second-order valence-corrected chi connectivity index (χ2v) is 9.71. The molecular weight excluding hydrogens is 465 g/mol. The minimum Gasteiger partial charge on any atom is -0.340 e. The number of benzene rings is 3. The average Bonchev–Trinajstić information content (AvgIpc) is 3.27. The van der Waals surface area contributed by atoms with Crippen LogP contribution in [0.15, 0.2) is 78.9 Å². The van der Waals surface area contributed by atoms with Gasteiger partial charge in [0.15, 0.2) is 0 Å². The van der Waals surface area contributed by atoms with Crippen molar-refractivity contribution in [2.24, 2.45) is 0 Å². The minimum atomic E-state index is -0.286. The predicted octanol–water partition coefficient (Wildman–Crippen LogP) is 5.60. The number of hydrogen-bond acceptors (Lipinski definition) is 4. The molecule has 2 heterocycles. The maximum atomic E-state index is 13.6. The number of nitrogens with one attached hydrogen (secondary N) is 1. The molecule has 190 valence electrons. The van der Waals surface area contributed by atoms with Crippen LogP contribution < -0.4 is 5.32 Å². The van der Waals surface area contributed by atoms with Gasteiger partial charge in [-0.2, -0.15) is 0 Å². The van der Waals surface area contributed by atoms with Crippen LogP contribution in [0.4, 0.5) is 15.9 Å². The van der Waals surface area contributed by atoms with Crippen LogP contribution in [0.2, 0.25) is 0 Å². The number of imidazole rings is 1. The number of carbonyl (C=O) groups excluding carboxylic acids is 1. The largest absolute Gasteiger partial charge is 0.340 e. The average molecular weight is 498 g/mol. The van der Waals surface area contributed by atoms with Gasteiger partial charge in [-0.1, -0.05) is 48.0 Å². The van der Waals surface area contributed by atoms with Gasteiger partial charge in [-0.3, -0.25) is 9.69 Å². The monoisotopic (exact) mass is 497 g/mol. The fourth-order valence-corrected chi connectivity index (χ4v) is 4.69. The van der Waals surface area contributed by atoms with Crippen LogP contribution in [0.5, 0.6) is 0 Å². The predicted molar refractivity (Wildman–Crippen MR) is 145 cm³/mol. The van der Waals surface area contributed by atoms with Crippen molar-refractivity contribution in [2.75, 3.05) is 18.9 Å². The van der Waals surface area contributed by atoms with Crippen molar-refractivity contribution in [2.45, 2.75) is 39.5 Å². The Morgan fingerprint density at radius 3 is 2.43 bits per heavy atom. The fourth-order valence-electron chi connectivity index (χ4n) is 4.69. The zero-order chi connectivity index (χ0) is 25.9. The van der Waals surface area contributed by atoms with Gasteiger partial charge < -0.3 is 14.8 Å². The summed E-state index contributed by atoms with van der Waals surface area (Å²) in [5.41, 5.74) is 4.88. The maximum Gasteiger partial charge on any atom is 0.240 e. The quantitative estimate of drug-likeness (QED) is 0.361. The van der Waals surface area contributed by atoms with Crippen LogP contribution in [0.3, 0.4) is 0 Å². The summed E-state index contributed by atoms with van der Waals surface area (Å²) in [4.78, 5) is 22.4. The van der Waals surface area contributed by atoms with E-state index in [9.17, 15) is 9.18 Å². The number of fused-ring (bicyclic) bond motifs is 1. The molecule has 5 rings (SSSR count). The molecule has 6 nitrogen and oxygen atoms in total. The van der Waals surface area contributed by atoms with Crippen molar-refractivity contribution in [1.82, 2.24) is 19.4 Å². The van der Waals surface area contributed by atoms with Gasteiger partial charge in [0.2, 0.25) is 5.91 Å². The van der Waals surface area contributed by atoms with E-state index in [0.29, 0.717) is 26.2 Å². The molecule has 0 radical (unpaired) electrons. The number of rotatable bonds is 7. The number of carbonyl (C=O) groups is 1. The SMILES string of the molecule is Cc1ccc(Nc2c(-c3ccc(F)cc3)nc3n2CCN(C(=O)[C@H](C)N(C)Cc2ccccc2)C3)cc1. The molecule has 1 aliphatic heterocycles. The van der Waals surface area contributed by atoms with Gasteiger partial charge >= 0.3 is 0 Å². The molecule has 7 heteroatoms. The number of amides is 1. The number of hydrogen-bond donors (Lipinski definition) is 1. The van der Waals surface area contributed by atoms with Crippen LogP contribution in [0, 0.1) is 12.7 Å². The van der Waals surface area contributed by atoms with Crippen LogP contribution in [-0.2, 0) is 24.4 Å². The van der Waals surface area contributed by atoms with Crippen molar-refractivity contribution in [3.05, 3.63) is 102 Å². The minimum absolute atomic E-state index is 0.0871. The van der Waals surface area contributed by atoms with E-state index in [-0.39, 0.29) is 17.8 Å². The second-order valence-electron chi connectivity index (χ2n) is 9.71. The molecule has 1 N–H and O–H groups in total. The highest BCUT2D eigenvalue weighted by Crippen LogP contribution is 2.33. The standard InChI is InChI=1S/C30H32FN5O/c1-21-9-15-26(16-10-21)32-29-28(24-11-13-25(31)14-12-24)33-27-20-35(17-18-36(27)29)30(37)22(2)34(3)19-23-7-5-4-6-8-23/h4-16,22,32H,17-20H2,1-3H3/t22-/m0/s1. The van der Waals surface area contributed by atoms with E-state index in [2.05, 4.69) is 46.0 Å². The van der Waals surface area contributed by atoms with E-state index in [1.807, 2.05) is 49.2 Å². The zero-order valence-corrected chi connectivity index (χ0v) is 21.5. The lowest BCUT2D eigenvalue weighted by molar-refractivity contribution is -0.137. The highest BCUT2D eigenvalue weighted by Gasteiger charge is 2.30. The molecule has 1 aliphatic rings. The van der Waals surface area contributed by atoms with E-state index in [4.69, 9.17) is 4.98 Å². The Morgan fingerprint density at radius 2 is 1.73 bits per heavy atom. The number of halogens is 1. The molecule has 0 saturated carbocycles. The topological polar surface area (TPSA) is 53.4 Å². The Hall–Kier alpha value is -3.97. The summed E-state index contributed by atoms with van der Waals surface area (Å²) in [5, 5.41) is 3.53. The Kier molecular flexibility index (Phi) is 7.06. The highest BCUT2D eigenvalue weighted by atomic mass is 19.1. The van der Waals surface area contributed by atoms with Crippen LogP contribution >= 0.6 is 0 Å². The van der Waals surface area contributed by atoms with E-state index < -0.39 is 0 Å². The summed E-state index contributed by atoms with van der Waals surface area (Å²) in [6.07, 6.45) is 0. The number of aromatic nitrogens is 2. The normalized spacial score (nSPS) is 13.9. The van der Waals surface area contributed by atoms with E-state index in [1.165, 1.54) is 23.3 Å². The summed E-state index contributed by atoms with van der Waals surface area (Å²) >= 11 is 0. The Morgan fingerprint density at radius 1 is 1.03 bits per heavy atom. The van der Waals surface area contributed by atoms with Crippen LogP contribution in [0.25, 0.3) is 11.3 Å². The Bertz CT molecular complexity index is 1370. The van der Waals surface area contributed by atoms with E-state index in [1.54, 1.807) is 12.1 Å². The van der Waals surface area contributed by atoms with Gasteiger partial charge in [-0.25, -0.2) is 9.37 Å². The molecule has 0 aliphatic carbocycles. The first-order valence-corrected chi connectivity index (χ1v) is 12.6. The highest BCUT2D eigenvalue weighted by molar-refractivity contribution is 5.82. The molecule has 1 atom stereocenters. The lowest BCUT2D eigenvalue weighted by atomic mass is 10.1. The molecule has 0 unspecified atom stereocenters. The number of anilines is 2. The summed E-state index contributed by atoms with van der Waals surface area (Å²) in [6, 6.07) is 24.5. The van der Waals surface area contributed by atoms with Gasteiger partial charge in [0.05, 0.1) is 12.6 Å². The number of likely N-dealkylation sites (N-methyl/N-ethyl adjacent to an activating group) is 1. The molecule has 37 heavy (non-hydrogen) atoms. The molecule has 1 aromatic heterocycles. The van der Waals surface area contributed by atoms with Crippen molar-refractivity contribution in [3.63, 3.8) is 0 Å². The first kappa shape index (κ1) is 24.7. The fraction of sp³-hybridized carbons (Fsp3) is 0.267. The lowest BCUT2D eigenvalue weighted by Crippen LogP contribution is -2.48. The third-order valence-corrected chi connectivity index (χ3v) is 7.01. The summed E-state index contributed by atoms with van der Waals surface area (Å²) in [7, 11) is 1.98. The molecule has 0 bridgehead atoms. The summed E-state index contributed by atoms with van der Waals surface area (Å²) in [6.45, 7) is 6.36. The zero-order valence-electron chi connectivity index (χ0n) is 21.5. The van der Waals surface area contributed by atoms with Gasteiger partial charge in [0.1, 0.15) is 23.2 Å². The van der Waals surface area contributed by atoms with E-state index >= 15 is 0 Å². The second kappa shape index (κ2) is 10.6. The van der Waals surface area contributed by atoms with Gasteiger partial charge in [0, 0.05) is 30.9 Å². The molecule has 0 saturated heterocycles. The first-order chi connectivity index (χ1) is 17.9. The van der Waals surface area contributed by atoms with Crippen LogP contribution in [-0.4, -0.2) is 44.9 Å². The molecule has 3 aromatic carbocycles. The smallest absolute Gasteiger partial charge is 0.240 e. The lowest BCUT2D eigenvalue weighted by Gasteiger charge is -2.33. The Labute approximate surface area is 217 Å². The molecule has 0 spiro atoms. The molecular formula is C30H32FN5O. The number of nitrogens with zero attached hydrogens (tertiary/aromatic N) is 4.